The second kappa shape index (κ2) is 7.59. The average Bonchev–Trinajstić information content (AvgIpc) is 2.48. The summed E-state index contributed by atoms with van der Waals surface area (Å²) in [5, 5.41) is 3.47. The Labute approximate surface area is 121 Å². The summed E-state index contributed by atoms with van der Waals surface area (Å²) in [5.41, 5.74) is 3.66. The lowest BCUT2D eigenvalue weighted by molar-refractivity contribution is 0.318. The van der Waals surface area contributed by atoms with Gasteiger partial charge >= 0.3 is 0 Å². The van der Waals surface area contributed by atoms with E-state index in [0.29, 0.717) is 0 Å². The van der Waals surface area contributed by atoms with Crippen molar-refractivity contribution in [1.29, 1.82) is 0 Å². The molecule has 106 valence electrons. The number of hydrogen-bond donors (Lipinski definition) is 1. The van der Waals surface area contributed by atoms with Crippen LogP contribution in [0.25, 0.3) is 0 Å². The zero-order valence-electron chi connectivity index (χ0n) is 12.4. The number of hydrogen-bond acceptors (Lipinski definition) is 2. The third-order valence-corrected chi connectivity index (χ3v) is 3.17. The molecule has 2 rings (SSSR count). The molecule has 2 nitrogen and oxygen atoms in total. The van der Waals surface area contributed by atoms with E-state index in [1.165, 1.54) is 11.1 Å². The van der Waals surface area contributed by atoms with Crippen LogP contribution < -0.4 is 10.1 Å². The Balaban J connectivity index is 1.94. The molecule has 0 aromatic heterocycles. The Morgan fingerprint density at radius 2 is 1.85 bits per heavy atom. The summed E-state index contributed by atoms with van der Waals surface area (Å²) >= 11 is 0. The fourth-order valence-corrected chi connectivity index (χ4v) is 2.09. The van der Waals surface area contributed by atoms with E-state index >= 15 is 0 Å². The lowest BCUT2D eigenvalue weighted by Gasteiger charge is -2.13. The van der Waals surface area contributed by atoms with Crippen LogP contribution in [0.5, 0.6) is 5.75 Å². The van der Waals surface area contributed by atoms with Crippen molar-refractivity contribution < 1.29 is 4.74 Å². The molecule has 0 amide bonds. The van der Waals surface area contributed by atoms with Gasteiger partial charge in [-0.1, -0.05) is 43.3 Å². The molecule has 0 atom stereocenters. The average molecular weight is 269 g/mol. The van der Waals surface area contributed by atoms with E-state index in [-0.39, 0.29) is 0 Å². The third-order valence-electron chi connectivity index (χ3n) is 3.17. The summed E-state index contributed by atoms with van der Waals surface area (Å²) in [6.45, 7) is 5.89. The first-order valence-corrected chi connectivity index (χ1v) is 7.31. The number of anilines is 1. The van der Waals surface area contributed by atoms with E-state index in [1.54, 1.807) is 0 Å². The SMILES string of the molecule is CCCOc1cc(C)ccc1NCCc1ccccc1. The molecule has 0 heterocycles. The van der Waals surface area contributed by atoms with Crippen molar-refractivity contribution in [2.24, 2.45) is 0 Å². The molecule has 0 radical (unpaired) electrons. The van der Waals surface area contributed by atoms with E-state index < -0.39 is 0 Å². The van der Waals surface area contributed by atoms with Crippen molar-refractivity contribution in [2.75, 3.05) is 18.5 Å². The minimum absolute atomic E-state index is 0.761. The van der Waals surface area contributed by atoms with Crippen LogP contribution in [0, 0.1) is 6.92 Å². The summed E-state index contributed by atoms with van der Waals surface area (Å²) < 4.78 is 5.81. The largest absolute Gasteiger partial charge is 0.491 e. The van der Waals surface area contributed by atoms with Crippen LogP contribution in [0.4, 0.5) is 5.69 Å². The number of benzene rings is 2. The molecule has 0 aliphatic rings. The first kappa shape index (κ1) is 14.4. The van der Waals surface area contributed by atoms with E-state index in [4.69, 9.17) is 4.74 Å². The summed E-state index contributed by atoms with van der Waals surface area (Å²) in [6, 6.07) is 16.8. The highest BCUT2D eigenvalue weighted by atomic mass is 16.5. The molecule has 0 saturated carbocycles. The van der Waals surface area contributed by atoms with Gasteiger partial charge in [0.05, 0.1) is 12.3 Å². The Kier molecular flexibility index (Phi) is 5.48. The Bertz CT molecular complexity index is 522. The van der Waals surface area contributed by atoms with E-state index in [2.05, 4.69) is 61.6 Å². The van der Waals surface area contributed by atoms with Gasteiger partial charge in [-0.25, -0.2) is 0 Å². The van der Waals surface area contributed by atoms with Crippen molar-refractivity contribution in [2.45, 2.75) is 26.7 Å². The van der Waals surface area contributed by atoms with Crippen molar-refractivity contribution >= 4 is 5.69 Å². The molecule has 2 aromatic carbocycles. The molecule has 0 fully saturated rings. The highest BCUT2D eigenvalue weighted by Crippen LogP contribution is 2.25. The van der Waals surface area contributed by atoms with E-state index in [0.717, 1.165) is 37.4 Å². The van der Waals surface area contributed by atoms with Crippen molar-refractivity contribution in [3.63, 3.8) is 0 Å². The highest BCUT2D eigenvalue weighted by molar-refractivity contribution is 5.57. The van der Waals surface area contributed by atoms with Gasteiger partial charge < -0.3 is 10.1 Å². The first-order chi connectivity index (χ1) is 9.79. The Morgan fingerprint density at radius 1 is 1.05 bits per heavy atom. The minimum atomic E-state index is 0.761. The van der Waals surface area contributed by atoms with Gasteiger partial charge in [0, 0.05) is 6.54 Å². The van der Waals surface area contributed by atoms with Crippen LogP contribution in [0.2, 0.25) is 0 Å². The first-order valence-electron chi connectivity index (χ1n) is 7.31. The maximum Gasteiger partial charge on any atom is 0.142 e. The maximum atomic E-state index is 5.81. The third kappa shape index (κ3) is 4.30. The number of aryl methyl sites for hydroxylation is 1. The molecule has 0 bridgehead atoms. The van der Waals surface area contributed by atoms with Crippen LogP contribution in [0.15, 0.2) is 48.5 Å². The van der Waals surface area contributed by atoms with Gasteiger partial charge in [-0.05, 0) is 43.0 Å². The topological polar surface area (TPSA) is 21.3 Å². The molecule has 0 spiro atoms. The van der Waals surface area contributed by atoms with Crippen molar-refractivity contribution in [3.8, 4) is 5.75 Å². The van der Waals surface area contributed by atoms with Crippen molar-refractivity contribution in [1.82, 2.24) is 0 Å². The van der Waals surface area contributed by atoms with Crippen molar-refractivity contribution in [3.05, 3.63) is 59.7 Å². The molecule has 0 aliphatic heterocycles. The predicted molar refractivity (Wildman–Crippen MR) is 85.6 cm³/mol. The summed E-state index contributed by atoms with van der Waals surface area (Å²) in [7, 11) is 0. The second-order valence-corrected chi connectivity index (χ2v) is 5.01. The molecule has 2 aromatic rings. The molecule has 0 saturated heterocycles. The Hall–Kier alpha value is -1.96. The second-order valence-electron chi connectivity index (χ2n) is 5.01. The van der Waals surface area contributed by atoms with Gasteiger partial charge in [-0.2, -0.15) is 0 Å². The Morgan fingerprint density at radius 3 is 2.60 bits per heavy atom. The number of nitrogens with one attached hydrogen (secondary N) is 1. The van der Waals surface area contributed by atoms with Crippen LogP contribution in [-0.4, -0.2) is 13.2 Å². The monoisotopic (exact) mass is 269 g/mol. The predicted octanol–water partition coefficient (Wildman–Crippen LogP) is 4.44. The number of rotatable bonds is 7. The molecule has 1 N–H and O–H groups in total. The van der Waals surface area contributed by atoms with Crippen LogP contribution >= 0.6 is 0 Å². The van der Waals surface area contributed by atoms with Gasteiger partial charge in [0.1, 0.15) is 5.75 Å². The van der Waals surface area contributed by atoms with Gasteiger partial charge in [0.25, 0.3) is 0 Å². The molecule has 20 heavy (non-hydrogen) atoms. The smallest absolute Gasteiger partial charge is 0.142 e. The standard InChI is InChI=1S/C18H23NO/c1-3-13-20-18-14-15(2)9-10-17(18)19-12-11-16-7-5-4-6-8-16/h4-10,14,19H,3,11-13H2,1-2H3. The van der Waals surface area contributed by atoms with Crippen LogP contribution in [-0.2, 0) is 6.42 Å². The molecule has 0 unspecified atom stereocenters. The summed E-state index contributed by atoms with van der Waals surface area (Å²) in [5.74, 6) is 0.958. The van der Waals surface area contributed by atoms with Crippen LogP contribution in [0.3, 0.4) is 0 Å². The van der Waals surface area contributed by atoms with Gasteiger partial charge in [0.15, 0.2) is 0 Å². The number of ether oxygens (including phenoxy) is 1. The van der Waals surface area contributed by atoms with Crippen LogP contribution in [0.1, 0.15) is 24.5 Å². The summed E-state index contributed by atoms with van der Waals surface area (Å²) in [4.78, 5) is 0. The molecular weight excluding hydrogens is 246 g/mol. The quantitative estimate of drug-likeness (QED) is 0.802. The van der Waals surface area contributed by atoms with Gasteiger partial charge in [-0.3, -0.25) is 0 Å². The zero-order chi connectivity index (χ0) is 14.2. The van der Waals surface area contributed by atoms with E-state index in [1.807, 2.05) is 6.07 Å². The zero-order valence-corrected chi connectivity index (χ0v) is 12.4. The fourth-order valence-electron chi connectivity index (χ4n) is 2.09. The lowest BCUT2D eigenvalue weighted by atomic mass is 10.1. The molecular formula is C18H23NO. The van der Waals surface area contributed by atoms with Gasteiger partial charge in [0.2, 0.25) is 0 Å². The van der Waals surface area contributed by atoms with E-state index in [9.17, 15) is 0 Å². The van der Waals surface area contributed by atoms with Gasteiger partial charge in [-0.15, -0.1) is 0 Å². The fraction of sp³-hybridized carbons (Fsp3) is 0.333. The minimum Gasteiger partial charge on any atom is -0.491 e. The summed E-state index contributed by atoms with van der Waals surface area (Å²) in [6.07, 6.45) is 2.04. The molecule has 0 aliphatic carbocycles. The lowest BCUT2D eigenvalue weighted by Crippen LogP contribution is -2.07. The molecule has 2 heteroatoms. The maximum absolute atomic E-state index is 5.81. The highest BCUT2D eigenvalue weighted by Gasteiger charge is 2.03. The normalized spacial score (nSPS) is 10.3.